The summed E-state index contributed by atoms with van der Waals surface area (Å²) in [7, 11) is 1.69. The van der Waals surface area contributed by atoms with E-state index in [0.717, 1.165) is 0 Å². The Morgan fingerprint density at radius 3 is 2.26 bits per heavy atom. The molecule has 0 spiro atoms. The van der Waals surface area contributed by atoms with Crippen molar-refractivity contribution < 1.29 is 9.53 Å². The maximum absolute atomic E-state index is 12.2. The van der Waals surface area contributed by atoms with Gasteiger partial charge in [0.25, 0.3) is 0 Å². The molecular formula is C16H24O2S. The van der Waals surface area contributed by atoms with Gasteiger partial charge >= 0.3 is 0 Å². The molecule has 0 heterocycles. The molecule has 2 atom stereocenters. The third-order valence-electron chi connectivity index (χ3n) is 3.25. The quantitative estimate of drug-likeness (QED) is 0.784. The summed E-state index contributed by atoms with van der Waals surface area (Å²) in [5.74, 6) is 0.245. The number of thioether (sulfide) groups is 1. The summed E-state index contributed by atoms with van der Waals surface area (Å²) in [5, 5.41) is 0.192. The minimum absolute atomic E-state index is 0.0795. The Bertz CT molecular complexity index is 395. The predicted octanol–water partition coefficient (Wildman–Crippen LogP) is 4.11. The molecule has 0 N–H and O–H groups in total. The molecule has 3 heteroatoms. The number of carbonyl (C=O) groups is 1. The van der Waals surface area contributed by atoms with Crippen molar-refractivity contribution in [2.24, 2.45) is 5.41 Å². The van der Waals surface area contributed by atoms with Crippen LogP contribution in [0.25, 0.3) is 0 Å². The maximum Gasteiger partial charge on any atom is 0.140 e. The van der Waals surface area contributed by atoms with E-state index in [4.69, 9.17) is 4.74 Å². The Hall–Kier alpha value is -0.800. The molecule has 0 saturated heterocycles. The third-order valence-corrected chi connectivity index (χ3v) is 4.33. The molecule has 1 aromatic carbocycles. The summed E-state index contributed by atoms with van der Waals surface area (Å²) in [6.45, 7) is 5.87. The van der Waals surface area contributed by atoms with E-state index in [-0.39, 0.29) is 22.6 Å². The Labute approximate surface area is 120 Å². The molecule has 0 aromatic heterocycles. The second kappa shape index (κ2) is 7.11. The number of rotatable bonds is 6. The number of Topliss-reactive ketones (excluding diaryl/α,β-unsaturated/α-hetero) is 1. The number of ketones is 1. The average molecular weight is 280 g/mol. The second-order valence-electron chi connectivity index (χ2n) is 5.72. The lowest BCUT2D eigenvalue weighted by Crippen LogP contribution is -2.29. The first-order valence-electron chi connectivity index (χ1n) is 6.54. The fourth-order valence-electron chi connectivity index (χ4n) is 1.95. The first-order chi connectivity index (χ1) is 8.90. The molecule has 0 radical (unpaired) electrons. The first kappa shape index (κ1) is 16.3. The highest BCUT2D eigenvalue weighted by atomic mass is 32.2. The highest BCUT2D eigenvalue weighted by Gasteiger charge is 2.29. The molecule has 2 nitrogen and oxygen atoms in total. The van der Waals surface area contributed by atoms with Crippen LogP contribution in [-0.2, 0) is 9.53 Å². The molecule has 1 aromatic rings. The summed E-state index contributed by atoms with van der Waals surface area (Å²) in [5.41, 5.74) is 0.903. The van der Waals surface area contributed by atoms with Gasteiger partial charge in [0.05, 0.1) is 11.4 Å². The minimum atomic E-state index is -0.309. The molecule has 0 bridgehead atoms. The van der Waals surface area contributed by atoms with E-state index >= 15 is 0 Å². The van der Waals surface area contributed by atoms with Gasteiger partial charge in [-0.05, 0) is 11.8 Å². The topological polar surface area (TPSA) is 26.3 Å². The Morgan fingerprint density at radius 2 is 1.84 bits per heavy atom. The Morgan fingerprint density at radius 1 is 1.26 bits per heavy atom. The van der Waals surface area contributed by atoms with Gasteiger partial charge in [-0.25, -0.2) is 0 Å². The van der Waals surface area contributed by atoms with Gasteiger partial charge in [0.1, 0.15) is 5.78 Å². The van der Waals surface area contributed by atoms with Gasteiger partial charge in [0, 0.05) is 18.9 Å². The van der Waals surface area contributed by atoms with Crippen LogP contribution in [0.4, 0.5) is 0 Å². The third kappa shape index (κ3) is 4.66. The minimum Gasteiger partial charge on any atom is -0.379 e. The lowest BCUT2D eigenvalue weighted by atomic mass is 9.86. The summed E-state index contributed by atoms with van der Waals surface area (Å²) < 4.78 is 5.58. The van der Waals surface area contributed by atoms with Crippen molar-refractivity contribution in [3.63, 3.8) is 0 Å². The molecule has 106 valence electrons. The van der Waals surface area contributed by atoms with E-state index in [1.807, 2.05) is 39.0 Å². The van der Waals surface area contributed by atoms with E-state index in [1.54, 1.807) is 18.9 Å². The zero-order chi connectivity index (χ0) is 14.5. The van der Waals surface area contributed by atoms with Crippen LogP contribution in [0.15, 0.2) is 30.3 Å². The molecule has 0 fully saturated rings. The van der Waals surface area contributed by atoms with Gasteiger partial charge in [-0.15, -0.1) is 0 Å². The smallest absolute Gasteiger partial charge is 0.140 e. The van der Waals surface area contributed by atoms with Crippen LogP contribution in [-0.4, -0.2) is 25.3 Å². The van der Waals surface area contributed by atoms with Gasteiger partial charge in [-0.2, -0.15) is 11.8 Å². The Balaban J connectivity index is 2.86. The van der Waals surface area contributed by atoms with Crippen LogP contribution in [0.5, 0.6) is 0 Å². The van der Waals surface area contributed by atoms with Crippen LogP contribution < -0.4 is 0 Å². The molecule has 0 unspecified atom stereocenters. The van der Waals surface area contributed by atoms with Crippen molar-refractivity contribution in [2.45, 2.75) is 38.5 Å². The monoisotopic (exact) mass is 280 g/mol. The summed E-state index contributed by atoms with van der Waals surface area (Å²) in [6.07, 6.45) is 2.44. The number of benzene rings is 1. The van der Waals surface area contributed by atoms with Crippen molar-refractivity contribution in [3.8, 4) is 0 Å². The van der Waals surface area contributed by atoms with Crippen LogP contribution in [0.1, 0.15) is 38.0 Å². The molecule has 19 heavy (non-hydrogen) atoms. The number of ether oxygens (including phenoxy) is 1. The number of methoxy groups -OCH3 is 1. The fourth-order valence-corrected chi connectivity index (χ4v) is 2.89. The molecule has 0 aliphatic heterocycles. The van der Waals surface area contributed by atoms with E-state index in [1.165, 1.54) is 5.56 Å². The molecule has 0 aliphatic carbocycles. The zero-order valence-corrected chi connectivity index (χ0v) is 13.3. The van der Waals surface area contributed by atoms with Gasteiger partial charge in [0.2, 0.25) is 0 Å². The maximum atomic E-state index is 12.2. The second-order valence-corrected chi connectivity index (χ2v) is 6.70. The number of carbonyl (C=O) groups excluding carboxylic acids is 1. The largest absolute Gasteiger partial charge is 0.379 e. The molecule has 0 aliphatic rings. The zero-order valence-electron chi connectivity index (χ0n) is 12.5. The fraction of sp³-hybridized carbons (Fsp3) is 0.562. The van der Waals surface area contributed by atoms with Gasteiger partial charge in [-0.3, -0.25) is 4.79 Å². The highest BCUT2D eigenvalue weighted by molar-refractivity contribution is 7.98. The van der Waals surface area contributed by atoms with Gasteiger partial charge in [0.15, 0.2) is 0 Å². The highest BCUT2D eigenvalue weighted by Crippen LogP contribution is 2.34. The van der Waals surface area contributed by atoms with Crippen LogP contribution in [0, 0.1) is 5.41 Å². The molecule has 0 amide bonds. The van der Waals surface area contributed by atoms with Crippen molar-refractivity contribution in [2.75, 3.05) is 13.4 Å². The normalized spacial score (nSPS) is 15.0. The van der Waals surface area contributed by atoms with E-state index in [2.05, 4.69) is 18.4 Å². The predicted molar refractivity (Wildman–Crippen MR) is 82.6 cm³/mol. The molecule has 1 rings (SSSR count). The van der Waals surface area contributed by atoms with Gasteiger partial charge < -0.3 is 4.74 Å². The first-order valence-corrected chi connectivity index (χ1v) is 7.82. The standard InChI is InChI=1S/C16H24O2S/c1-16(2,3)14(17)11-13(18-4)15(19-5)12-9-7-6-8-10-12/h6-10,13,15H,11H2,1-5H3/t13-,15+/m0/s1. The summed E-state index contributed by atoms with van der Waals surface area (Å²) in [4.78, 5) is 12.2. The SMILES string of the molecule is CO[C@@H](CC(=O)C(C)(C)C)[C@H](SC)c1ccccc1. The Kier molecular flexibility index (Phi) is 6.08. The molecule has 0 saturated carbocycles. The number of hydrogen-bond acceptors (Lipinski definition) is 3. The summed E-state index contributed by atoms with van der Waals surface area (Å²) >= 11 is 1.73. The van der Waals surface area contributed by atoms with E-state index in [9.17, 15) is 4.79 Å². The lowest BCUT2D eigenvalue weighted by Gasteiger charge is -2.27. The molecular weight excluding hydrogens is 256 g/mol. The van der Waals surface area contributed by atoms with E-state index in [0.29, 0.717) is 6.42 Å². The summed E-state index contributed by atoms with van der Waals surface area (Å²) in [6, 6.07) is 10.2. The van der Waals surface area contributed by atoms with E-state index < -0.39 is 0 Å². The average Bonchev–Trinajstić information content (AvgIpc) is 2.38. The van der Waals surface area contributed by atoms with Crippen molar-refractivity contribution >= 4 is 17.5 Å². The van der Waals surface area contributed by atoms with Crippen LogP contribution in [0.2, 0.25) is 0 Å². The lowest BCUT2D eigenvalue weighted by molar-refractivity contribution is -0.128. The number of hydrogen-bond donors (Lipinski definition) is 0. The van der Waals surface area contributed by atoms with Gasteiger partial charge in [-0.1, -0.05) is 51.1 Å². The van der Waals surface area contributed by atoms with Crippen LogP contribution in [0.3, 0.4) is 0 Å². The van der Waals surface area contributed by atoms with Crippen LogP contribution >= 0.6 is 11.8 Å². The van der Waals surface area contributed by atoms with Crippen molar-refractivity contribution in [1.82, 2.24) is 0 Å². The van der Waals surface area contributed by atoms with Crippen molar-refractivity contribution in [3.05, 3.63) is 35.9 Å². The van der Waals surface area contributed by atoms with Crippen molar-refractivity contribution in [1.29, 1.82) is 0 Å².